The van der Waals surface area contributed by atoms with Gasteiger partial charge in [-0.25, -0.2) is 5.43 Å². The quantitative estimate of drug-likeness (QED) is 0.619. The van der Waals surface area contributed by atoms with Crippen LogP contribution in [0.1, 0.15) is 39.2 Å². The van der Waals surface area contributed by atoms with Gasteiger partial charge >= 0.3 is 0 Å². The second kappa shape index (κ2) is 8.75. The van der Waals surface area contributed by atoms with Crippen LogP contribution >= 0.6 is 0 Å². The van der Waals surface area contributed by atoms with Crippen LogP contribution in [0.2, 0.25) is 0 Å². The minimum Gasteiger partial charge on any atom is -0.481 e. The number of benzene rings is 1. The monoisotopic (exact) mass is 287 g/mol. The summed E-state index contributed by atoms with van der Waals surface area (Å²) in [6, 6.07) is 8.64. The third-order valence-corrected chi connectivity index (χ3v) is 3.17. The number of nitrogens with zero attached hydrogens (tertiary/aromatic N) is 2. The van der Waals surface area contributed by atoms with E-state index in [2.05, 4.69) is 24.4 Å². The molecule has 0 radical (unpaired) electrons. The molecule has 0 aliphatic carbocycles. The van der Waals surface area contributed by atoms with Crippen molar-refractivity contribution in [2.24, 2.45) is 11.0 Å². The first-order valence-corrected chi connectivity index (χ1v) is 7.10. The Morgan fingerprint density at radius 3 is 2.52 bits per heavy atom. The molecule has 1 aromatic carbocycles. The molecular formula is C16H21N3O2. The van der Waals surface area contributed by atoms with Gasteiger partial charge in [0.15, 0.2) is 6.10 Å². The Morgan fingerprint density at radius 2 is 2.00 bits per heavy atom. The van der Waals surface area contributed by atoms with Crippen molar-refractivity contribution in [2.45, 2.75) is 39.7 Å². The fraction of sp³-hybridized carbons (Fsp3) is 0.438. The molecule has 1 N–H and O–H groups in total. The Labute approximate surface area is 125 Å². The molecule has 0 saturated carbocycles. The number of hydrogen-bond donors (Lipinski definition) is 1. The minimum atomic E-state index is -0.656. The summed E-state index contributed by atoms with van der Waals surface area (Å²) in [5.41, 5.74) is 3.03. The van der Waals surface area contributed by atoms with E-state index < -0.39 is 6.10 Å². The highest BCUT2D eigenvalue weighted by Gasteiger charge is 2.13. The van der Waals surface area contributed by atoms with Gasteiger partial charge in [-0.15, -0.1) is 0 Å². The number of hydrazone groups is 1. The lowest BCUT2D eigenvalue weighted by atomic mass is 10.1. The summed E-state index contributed by atoms with van der Waals surface area (Å²) in [5, 5.41) is 12.7. The number of carbonyl (C=O) groups is 1. The lowest BCUT2D eigenvalue weighted by Gasteiger charge is -2.13. The number of rotatable bonds is 7. The second-order valence-corrected chi connectivity index (χ2v) is 4.73. The molecule has 1 rings (SSSR count). The van der Waals surface area contributed by atoms with Crippen LogP contribution in [0.4, 0.5) is 0 Å². The van der Waals surface area contributed by atoms with E-state index in [1.54, 1.807) is 37.4 Å². The van der Waals surface area contributed by atoms with Gasteiger partial charge < -0.3 is 4.74 Å². The van der Waals surface area contributed by atoms with Crippen LogP contribution in [0.25, 0.3) is 0 Å². The van der Waals surface area contributed by atoms with Crippen molar-refractivity contribution in [3.05, 3.63) is 29.8 Å². The highest BCUT2D eigenvalue weighted by Crippen LogP contribution is 2.13. The standard InChI is InChI=1S/C16H21N3O2/c1-4-13(5-2)11-18-19-16(20)12(3)21-15-8-6-14(10-17)7-9-15/h6-9,11-13H,4-5H2,1-3H3,(H,19,20)/b18-11+. The first-order chi connectivity index (χ1) is 10.1. The van der Waals surface area contributed by atoms with Gasteiger partial charge in [0.1, 0.15) is 5.75 Å². The smallest absolute Gasteiger partial charge is 0.280 e. The van der Waals surface area contributed by atoms with Gasteiger partial charge in [0.05, 0.1) is 11.6 Å². The maximum Gasteiger partial charge on any atom is 0.280 e. The molecule has 0 aliphatic heterocycles. The summed E-state index contributed by atoms with van der Waals surface area (Å²) < 4.78 is 5.49. The average Bonchev–Trinajstić information content (AvgIpc) is 2.52. The number of nitriles is 1. The van der Waals surface area contributed by atoms with Crippen molar-refractivity contribution in [1.82, 2.24) is 5.43 Å². The van der Waals surface area contributed by atoms with Crippen molar-refractivity contribution in [2.75, 3.05) is 0 Å². The molecule has 1 atom stereocenters. The number of hydrogen-bond acceptors (Lipinski definition) is 4. The summed E-state index contributed by atoms with van der Waals surface area (Å²) in [6.07, 6.45) is 3.09. The highest BCUT2D eigenvalue weighted by molar-refractivity contribution is 5.81. The van der Waals surface area contributed by atoms with Gasteiger partial charge in [0.2, 0.25) is 0 Å². The molecule has 21 heavy (non-hydrogen) atoms. The van der Waals surface area contributed by atoms with Gasteiger partial charge in [0, 0.05) is 6.21 Å². The average molecular weight is 287 g/mol. The lowest BCUT2D eigenvalue weighted by Crippen LogP contribution is -2.33. The normalized spacial score (nSPS) is 12.1. The van der Waals surface area contributed by atoms with E-state index in [1.165, 1.54) is 0 Å². The molecule has 0 bridgehead atoms. The van der Waals surface area contributed by atoms with Crippen molar-refractivity contribution >= 4 is 12.1 Å². The SMILES string of the molecule is CCC(/C=N/NC(=O)C(C)Oc1ccc(C#N)cc1)CC. The van der Waals surface area contributed by atoms with Crippen molar-refractivity contribution < 1.29 is 9.53 Å². The van der Waals surface area contributed by atoms with Crippen molar-refractivity contribution in [3.63, 3.8) is 0 Å². The molecule has 112 valence electrons. The third-order valence-electron chi connectivity index (χ3n) is 3.17. The highest BCUT2D eigenvalue weighted by atomic mass is 16.5. The molecule has 0 aromatic heterocycles. The maximum atomic E-state index is 11.8. The Hall–Kier alpha value is -2.35. The van der Waals surface area contributed by atoms with Gasteiger partial charge in [-0.3, -0.25) is 4.79 Å². The van der Waals surface area contributed by atoms with E-state index in [0.29, 0.717) is 17.2 Å². The Kier molecular flexibility index (Phi) is 6.96. The molecule has 0 spiro atoms. The molecule has 0 aliphatic rings. The zero-order valence-corrected chi connectivity index (χ0v) is 12.7. The molecule has 5 heteroatoms. The molecular weight excluding hydrogens is 266 g/mol. The summed E-state index contributed by atoms with van der Waals surface area (Å²) in [4.78, 5) is 11.8. The number of carbonyl (C=O) groups excluding carboxylic acids is 1. The predicted octanol–water partition coefficient (Wildman–Crippen LogP) is 2.86. The molecule has 0 fully saturated rings. The summed E-state index contributed by atoms with van der Waals surface area (Å²) in [7, 11) is 0. The van der Waals surface area contributed by atoms with Crippen LogP contribution in [0.5, 0.6) is 5.75 Å². The van der Waals surface area contributed by atoms with E-state index in [1.807, 2.05) is 6.07 Å². The van der Waals surface area contributed by atoms with E-state index in [-0.39, 0.29) is 5.91 Å². The van der Waals surface area contributed by atoms with E-state index in [0.717, 1.165) is 12.8 Å². The second-order valence-electron chi connectivity index (χ2n) is 4.73. The van der Waals surface area contributed by atoms with Gasteiger partial charge in [-0.05, 0) is 49.9 Å². The number of nitrogens with one attached hydrogen (secondary N) is 1. The third kappa shape index (κ3) is 5.65. The zero-order chi connectivity index (χ0) is 15.7. The minimum absolute atomic E-state index is 0.304. The van der Waals surface area contributed by atoms with Crippen LogP contribution in [0.15, 0.2) is 29.4 Å². The van der Waals surface area contributed by atoms with Gasteiger partial charge in [-0.1, -0.05) is 13.8 Å². The largest absolute Gasteiger partial charge is 0.481 e. The Bertz CT molecular complexity index is 513. The van der Waals surface area contributed by atoms with Gasteiger partial charge in [-0.2, -0.15) is 10.4 Å². The van der Waals surface area contributed by atoms with Crippen LogP contribution < -0.4 is 10.2 Å². The maximum absolute atomic E-state index is 11.8. The van der Waals surface area contributed by atoms with Crippen LogP contribution in [-0.4, -0.2) is 18.2 Å². The van der Waals surface area contributed by atoms with E-state index >= 15 is 0 Å². The van der Waals surface area contributed by atoms with Crippen LogP contribution in [0, 0.1) is 17.2 Å². The lowest BCUT2D eigenvalue weighted by molar-refractivity contribution is -0.127. The zero-order valence-electron chi connectivity index (χ0n) is 12.7. The number of ether oxygens (including phenoxy) is 1. The summed E-state index contributed by atoms with van der Waals surface area (Å²) in [6.45, 7) is 5.82. The molecule has 1 unspecified atom stereocenters. The fourth-order valence-corrected chi connectivity index (χ4v) is 1.66. The molecule has 0 heterocycles. The Morgan fingerprint density at radius 1 is 1.38 bits per heavy atom. The first kappa shape index (κ1) is 16.7. The Balaban J connectivity index is 2.48. The molecule has 0 saturated heterocycles. The first-order valence-electron chi connectivity index (χ1n) is 7.10. The van der Waals surface area contributed by atoms with E-state index in [9.17, 15) is 4.79 Å². The van der Waals surface area contributed by atoms with Crippen LogP contribution in [-0.2, 0) is 4.79 Å². The fourth-order valence-electron chi connectivity index (χ4n) is 1.66. The number of amides is 1. The van der Waals surface area contributed by atoms with E-state index in [4.69, 9.17) is 10.00 Å². The topological polar surface area (TPSA) is 74.5 Å². The van der Waals surface area contributed by atoms with Crippen LogP contribution in [0.3, 0.4) is 0 Å². The van der Waals surface area contributed by atoms with Gasteiger partial charge in [0.25, 0.3) is 5.91 Å². The molecule has 1 aromatic rings. The summed E-state index contributed by atoms with van der Waals surface area (Å²) >= 11 is 0. The van der Waals surface area contributed by atoms with Crippen molar-refractivity contribution in [3.8, 4) is 11.8 Å². The molecule has 1 amide bonds. The summed E-state index contributed by atoms with van der Waals surface area (Å²) in [5.74, 6) is 0.613. The predicted molar refractivity (Wildman–Crippen MR) is 82.0 cm³/mol. The van der Waals surface area contributed by atoms with Crippen molar-refractivity contribution in [1.29, 1.82) is 5.26 Å². The molecule has 5 nitrogen and oxygen atoms in total.